The summed E-state index contributed by atoms with van der Waals surface area (Å²) in [4.78, 5) is 13.7. The highest BCUT2D eigenvalue weighted by Crippen LogP contribution is 2.40. The molecule has 0 aromatic heterocycles. The Morgan fingerprint density at radius 3 is 2.33 bits per heavy atom. The van der Waals surface area contributed by atoms with Crippen LogP contribution in [0.2, 0.25) is 0 Å². The molecule has 0 saturated heterocycles. The van der Waals surface area contributed by atoms with Crippen LogP contribution in [0.1, 0.15) is 31.0 Å². The largest absolute Gasteiger partial charge is 0.327 e. The molecule has 3 nitrogen and oxygen atoms in total. The van der Waals surface area contributed by atoms with Crippen LogP contribution in [0.4, 0.5) is 9.18 Å². The van der Waals surface area contributed by atoms with Gasteiger partial charge in [0.2, 0.25) is 3.79 Å². The molecule has 0 aliphatic rings. The van der Waals surface area contributed by atoms with Crippen LogP contribution in [0.5, 0.6) is 0 Å². The molecule has 1 rings (SSSR count). The minimum Gasteiger partial charge on any atom is -0.327 e. The number of rotatable bonds is 4. The van der Waals surface area contributed by atoms with Gasteiger partial charge in [-0.25, -0.2) is 9.18 Å². The van der Waals surface area contributed by atoms with Crippen LogP contribution in [-0.2, 0) is 0 Å². The van der Waals surface area contributed by atoms with Crippen LogP contribution in [0.3, 0.4) is 0 Å². The second-order valence-electron chi connectivity index (χ2n) is 4.61. The Morgan fingerprint density at radius 2 is 1.90 bits per heavy atom. The van der Waals surface area contributed by atoms with Gasteiger partial charge in [-0.1, -0.05) is 46.9 Å². The fourth-order valence-electron chi connectivity index (χ4n) is 1.87. The highest BCUT2D eigenvalue weighted by molar-refractivity contribution is 6.68. The van der Waals surface area contributed by atoms with Crippen LogP contribution in [-0.4, -0.2) is 27.8 Å². The van der Waals surface area contributed by atoms with E-state index in [4.69, 9.17) is 34.8 Å². The molecule has 118 valence electrons. The van der Waals surface area contributed by atoms with Gasteiger partial charge in [0.15, 0.2) is 0 Å². The van der Waals surface area contributed by atoms with Crippen molar-refractivity contribution in [3.63, 3.8) is 0 Å². The summed E-state index contributed by atoms with van der Waals surface area (Å²) >= 11 is 17.8. The summed E-state index contributed by atoms with van der Waals surface area (Å²) in [5.74, 6) is -0.413. The number of benzene rings is 1. The van der Waals surface area contributed by atoms with E-state index in [0.717, 1.165) is 0 Å². The third-order valence-electron chi connectivity index (χ3n) is 3.18. The van der Waals surface area contributed by atoms with Gasteiger partial charge in [0.1, 0.15) is 11.9 Å². The maximum absolute atomic E-state index is 13.7. The van der Waals surface area contributed by atoms with Gasteiger partial charge in [0.05, 0.1) is 0 Å². The topological polar surface area (TPSA) is 32.3 Å². The minimum absolute atomic E-state index is 0.364. The van der Waals surface area contributed by atoms with E-state index in [2.05, 4.69) is 5.32 Å². The zero-order chi connectivity index (χ0) is 16.2. The van der Waals surface area contributed by atoms with E-state index < -0.39 is 15.7 Å². The van der Waals surface area contributed by atoms with Gasteiger partial charge in [-0.2, -0.15) is 0 Å². The first-order valence-electron chi connectivity index (χ1n) is 6.58. The van der Waals surface area contributed by atoms with Crippen LogP contribution in [0, 0.1) is 12.7 Å². The Hall–Kier alpha value is -0.710. The predicted molar refractivity (Wildman–Crippen MR) is 85.6 cm³/mol. The molecule has 1 atom stereocenters. The van der Waals surface area contributed by atoms with Crippen LogP contribution >= 0.6 is 34.8 Å². The number of aryl methyl sites for hydroxylation is 1. The van der Waals surface area contributed by atoms with Crippen molar-refractivity contribution in [3.8, 4) is 0 Å². The highest BCUT2D eigenvalue weighted by Gasteiger charge is 2.36. The second kappa shape index (κ2) is 7.52. The van der Waals surface area contributed by atoms with Gasteiger partial charge < -0.3 is 10.2 Å². The lowest BCUT2D eigenvalue weighted by atomic mass is 10.1. The zero-order valence-corrected chi connectivity index (χ0v) is 14.4. The summed E-state index contributed by atoms with van der Waals surface area (Å²) in [6, 6.07) is 3.18. The maximum atomic E-state index is 13.7. The molecule has 0 spiro atoms. The number of carbonyl (C=O) groups is 1. The molecule has 0 bridgehead atoms. The Labute approximate surface area is 139 Å². The van der Waals surface area contributed by atoms with E-state index in [1.165, 1.54) is 6.07 Å². The maximum Gasteiger partial charge on any atom is 0.318 e. The zero-order valence-electron chi connectivity index (χ0n) is 12.1. The molecule has 0 aliphatic carbocycles. The van der Waals surface area contributed by atoms with E-state index in [9.17, 15) is 9.18 Å². The highest BCUT2D eigenvalue weighted by atomic mass is 35.6. The molecule has 1 N–H and O–H groups in total. The molecule has 2 amide bonds. The van der Waals surface area contributed by atoms with E-state index in [1.807, 2.05) is 13.8 Å². The first-order chi connectivity index (χ1) is 9.70. The fourth-order valence-corrected chi connectivity index (χ4v) is 2.41. The molecular weight excluding hydrogens is 338 g/mol. The van der Waals surface area contributed by atoms with Gasteiger partial charge in [-0.05, 0) is 38.0 Å². The van der Waals surface area contributed by atoms with E-state index in [-0.39, 0.29) is 6.03 Å². The van der Waals surface area contributed by atoms with E-state index in [1.54, 1.807) is 24.0 Å². The van der Waals surface area contributed by atoms with Gasteiger partial charge in [-0.3, -0.25) is 0 Å². The fraction of sp³-hybridized carbons (Fsp3) is 0.500. The summed E-state index contributed by atoms with van der Waals surface area (Å²) in [5, 5.41) is 2.65. The number of carbonyl (C=O) groups excluding carboxylic acids is 1. The van der Waals surface area contributed by atoms with Crippen molar-refractivity contribution in [1.82, 2.24) is 10.2 Å². The lowest BCUT2D eigenvalue weighted by Crippen LogP contribution is -2.45. The monoisotopic (exact) mass is 354 g/mol. The molecule has 0 saturated carbocycles. The SMILES string of the molecule is CCN(CC)C(=O)N[C@@H](c1ccc(C)c(F)c1)C(Cl)(Cl)Cl. The normalized spacial score (nSPS) is 12.9. The summed E-state index contributed by atoms with van der Waals surface area (Å²) in [6.07, 6.45) is 0. The molecule has 1 aromatic rings. The lowest BCUT2D eigenvalue weighted by molar-refractivity contribution is 0.199. The van der Waals surface area contributed by atoms with Crippen LogP contribution in [0.15, 0.2) is 18.2 Å². The third-order valence-corrected chi connectivity index (χ3v) is 3.83. The van der Waals surface area contributed by atoms with Crippen LogP contribution in [0.25, 0.3) is 0 Å². The van der Waals surface area contributed by atoms with Gasteiger partial charge in [-0.15, -0.1) is 0 Å². The lowest BCUT2D eigenvalue weighted by Gasteiger charge is -2.29. The van der Waals surface area contributed by atoms with Crippen molar-refractivity contribution < 1.29 is 9.18 Å². The number of halogens is 4. The number of amides is 2. The Morgan fingerprint density at radius 1 is 1.33 bits per heavy atom. The predicted octanol–water partition coefficient (Wildman–Crippen LogP) is 4.60. The Kier molecular flexibility index (Phi) is 6.57. The summed E-state index contributed by atoms with van der Waals surface area (Å²) < 4.78 is 11.9. The van der Waals surface area contributed by atoms with Crippen molar-refractivity contribution in [2.24, 2.45) is 0 Å². The number of nitrogens with zero attached hydrogens (tertiary/aromatic N) is 1. The van der Waals surface area contributed by atoms with Gasteiger partial charge in [0.25, 0.3) is 0 Å². The van der Waals surface area contributed by atoms with Crippen molar-refractivity contribution in [2.45, 2.75) is 30.6 Å². The number of hydrogen-bond donors (Lipinski definition) is 1. The van der Waals surface area contributed by atoms with E-state index in [0.29, 0.717) is 24.2 Å². The molecule has 0 fully saturated rings. The van der Waals surface area contributed by atoms with Crippen molar-refractivity contribution in [2.75, 3.05) is 13.1 Å². The quantitative estimate of drug-likeness (QED) is 0.787. The third kappa shape index (κ3) is 4.90. The minimum atomic E-state index is -1.79. The molecular formula is C14H18Cl3FN2O. The number of hydrogen-bond acceptors (Lipinski definition) is 1. The molecule has 1 aromatic carbocycles. The average Bonchev–Trinajstić information content (AvgIpc) is 2.39. The standard InChI is InChI=1S/C14H18Cl3FN2O/c1-4-20(5-2)13(21)19-12(14(15,16)17)10-7-6-9(3)11(18)8-10/h6-8,12H,4-5H2,1-3H3,(H,19,21)/t12-/m0/s1. The first-order valence-corrected chi connectivity index (χ1v) is 7.72. The molecule has 7 heteroatoms. The average molecular weight is 356 g/mol. The molecule has 0 heterocycles. The van der Waals surface area contributed by atoms with Crippen molar-refractivity contribution in [1.29, 1.82) is 0 Å². The van der Waals surface area contributed by atoms with E-state index >= 15 is 0 Å². The first kappa shape index (κ1) is 18.3. The van der Waals surface area contributed by atoms with Crippen LogP contribution < -0.4 is 5.32 Å². The Bertz CT molecular complexity index is 501. The summed E-state index contributed by atoms with van der Waals surface area (Å²) in [6.45, 7) is 6.38. The number of nitrogens with one attached hydrogen (secondary N) is 1. The van der Waals surface area contributed by atoms with Gasteiger partial charge in [0, 0.05) is 13.1 Å². The van der Waals surface area contributed by atoms with Crippen molar-refractivity contribution >= 4 is 40.8 Å². The summed E-state index contributed by atoms with van der Waals surface area (Å²) in [7, 11) is 0. The Balaban J connectivity index is 3.07. The summed E-state index contributed by atoms with van der Waals surface area (Å²) in [5.41, 5.74) is 0.885. The molecule has 0 unspecified atom stereocenters. The number of alkyl halides is 3. The van der Waals surface area contributed by atoms with Crippen molar-refractivity contribution in [3.05, 3.63) is 35.1 Å². The molecule has 21 heavy (non-hydrogen) atoms. The molecule has 0 radical (unpaired) electrons. The van der Waals surface area contributed by atoms with Gasteiger partial charge >= 0.3 is 6.03 Å². The molecule has 0 aliphatic heterocycles. The number of urea groups is 1. The second-order valence-corrected chi connectivity index (χ2v) is 6.97. The smallest absolute Gasteiger partial charge is 0.318 e.